The molecule has 0 radical (unpaired) electrons. The van der Waals surface area contributed by atoms with Crippen LogP contribution in [0, 0.1) is 0 Å². The van der Waals surface area contributed by atoms with E-state index in [2.05, 4.69) is 5.32 Å². The number of primary amides is 1. The lowest BCUT2D eigenvalue weighted by atomic mass is 10.1. The number of carbonyl (C=O) groups excluding carboxylic acids is 2. The summed E-state index contributed by atoms with van der Waals surface area (Å²) in [5.74, 6) is 0.531. The van der Waals surface area contributed by atoms with Gasteiger partial charge in [0.05, 0.1) is 0 Å². The zero-order valence-electron chi connectivity index (χ0n) is 13.1. The van der Waals surface area contributed by atoms with Gasteiger partial charge in [-0.3, -0.25) is 9.59 Å². The average molecular weight is 325 g/mol. The largest absolute Gasteiger partial charge is 0.457 e. The Morgan fingerprint density at radius 3 is 2.58 bits per heavy atom. The number of rotatable bonds is 4. The average Bonchev–Trinajstić information content (AvgIpc) is 2.62. The quantitative estimate of drug-likeness (QED) is 0.889. The first kappa shape index (κ1) is 16.0. The van der Waals surface area contributed by atoms with Crippen LogP contribution >= 0.6 is 0 Å². The highest BCUT2D eigenvalue weighted by atomic mass is 16.5. The molecule has 1 aliphatic rings. The summed E-state index contributed by atoms with van der Waals surface area (Å²) in [5.41, 5.74) is 5.88. The van der Waals surface area contributed by atoms with E-state index in [-0.39, 0.29) is 5.91 Å². The van der Waals surface area contributed by atoms with E-state index in [9.17, 15) is 9.59 Å². The van der Waals surface area contributed by atoms with E-state index < -0.39 is 11.9 Å². The molecule has 2 aromatic rings. The monoisotopic (exact) mass is 325 g/mol. The molecule has 1 unspecified atom stereocenters. The predicted molar refractivity (Wildman–Crippen MR) is 89.8 cm³/mol. The van der Waals surface area contributed by atoms with Crippen LogP contribution in [-0.4, -0.2) is 42.4 Å². The molecule has 0 bridgehead atoms. The van der Waals surface area contributed by atoms with Gasteiger partial charge in [0.1, 0.15) is 17.5 Å². The normalized spacial score (nSPS) is 17.3. The summed E-state index contributed by atoms with van der Waals surface area (Å²) in [6.45, 7) is 1.45. The van der Waals surface area contributed by atoms with E-state index in [1.54, 1.807) is 24.3 Å². The molecule has 124 valence electrons. The van der Waals surface area contributed by atoms with Crippen LogP contribution in [0.2, 0.25) is 0 Å². The summed E-state index contributed by atoms with van der Waals surface area (Å²) >= 11 is 0. The van der Waals surface area contributed by atoms with Crippen molar-refractivity contribution in [3.8, 4) is 11.5 Å². The molecule has 0 aliphatic carbocycles. The Labute approximate surface area is 140 Å². The molecule has 24 heavy (non-hydrogen) atoms. The van der Waals surface area contributed by atoms with E-state index >= 15 is 0 Å². The van der Waals surface area contributed by atoms with Crippen molar-refractivity contribution in [3.05, 3.63) is 60.2 Å². The van der Waals surface area contributed by atoms with Gasteiger partial charge in [0.25, 0.3) is 5.91 Å². The fourth-order valence-electron chi connectivity index (χ4n) is 2.68. The molecule has 6 heteroatoms. The summed E-state index contributed by atoms with van der Waals surface area (Å²) in [6, 6.07) is 15.6. The maximum Gasteiger partial charge on any atom is 0.254 e. The zero-order chi connectivity index (χ0) is 16.9. The van der Waals surface area contributed by atoms with Crippen LogP contribution in [0.15, 0.2) is 54.6 Å². The molecular weight excluding hydrogens is 306 g/mol. The number of benzene rings is 2. The molecule has 0 aromatic heterocycles. The molecule has 1 heterocycles. The maximum absolute atomic E-state index is 12.8. The fraction of sp³-hybridized carbons (Fsp3) is 0.222. The topological polar surface area (TPSA) is 84.7 Å². The van der Waals surface area contributed by atoms with Crippen molar-refractivity contribution in [3.63, 3.8) is 0 Å². The standard InChI is InChI=1S/C18H19N3O3/c19-17(22)16-12-20-9-10-21(16)18(23)13-5-4-8-15(11-13)24-14-6-2-1-3-7-14/h1-8,11,16,20H,9-10,12H2,(H2,19,22). The highest BCUT2D eigenvalue weighted by Crippen LogP contribution is 2.23. The smallest absolute Gasteiger partial charge is 0.254 e. The zero-order valence-corrected chi connectivity index (χ0v) is 13.1. The lowest BCUT2D eigenvalue weighted by molar-refractivity contribution is -0.122. The molecule has 1 atom stereocenters. The first-order valence-electron chi connectivity index (χ1n) is 7.79. The summed E-state index contributed by atoms with van der Waals surface area (Å²) in [5, 5.41) is 3.08. The molecule has 6 nitrogen and oxygen atoms in total. The highest BCUT2D eigenvalue weighted by molar-refractivity contribution is 5.97. The van der Waals surface area contributed by atoms with Crippen LogP contribution < -0.4 is 15.8 Å². The van der Waals surface area contributed by atoms with Gasteiger partial charge in [-0.15, -0.1) is 0 Å². The molecule has 0 saturated carbocycles. The Kier molecular flexibility index (Phi) is 4.77. The van der Waals surface area contributed by atoms with E-state index in [4.69, 9.17) is 10.5 Å². The van der Waals surface area contributed by atoms with Crippen LogP contribution in [0.5, 0.6) is 11.5 Å². The highest BCUT2D eigenvalue weighted by Gasteiger charge is 2.31. The Morgan fingerprint density at radius 1 is 1.08 bits per heavy atom. The van der Waals surface area contributed by atoms with Gasteiger partial charge >= 0.3 is 0 Å². The van der Waals surface area contributed by atoms with Crippen molar-refractivity contribution in [1.82, 2.24) is 10.2 Å². The minimum atomic E-state index is -0.634. The SMILES string of the molecule is NC(=O)C1CNCCN1C(=O)c1cccc(Oc2ccccc2)c1. The second-order valence-electron chi connectivity index (χ2n) is 5.56. The number of carbonyl (C=O) groups is 2. The molecule has 2 amide bonds. The van der Waals surface area contributed by atoms with E-state index in [1.807, 2.05) is 30.3 Å². The second-order valence-corrected chi connectivity index (χ2v) is 5.56. The summed E-state index contributed by atoms with van der Waals surface area (Å²) < 4.78 is 5.76. The molecule has 0 spiro atoms. The van der Waals surface area contributed by atoms with Crippen molar-refractivity contribution in [2.45, 2.75) is 6.04 Å². The van der Waals surface area contributed by atoms with Gasteiger partial charge in [-0.2, -0.15) is 0 Å². The van der Waals surface area contributed by atoms with Gasteiger partial charge in [-0.05, 0) is 30.3 Å². The van der Waals surface area contributed by atoms with Gasteiger partial charge in [-0.25, -0.2) is 0 Å². The summed E-state index contributed by atoms with van der Waals surface area (Å²) in [6.07, 6.45) is 0. The number of nitrogens with zero attached hydrogens (tertiary/aromatic N) is 1. The van der Waals surface area contributed by atoms with Crippen molar-refractivity contribution >= 4 is 11.8 Å². The molecule has 1 aliphatic heterocycles. The van der Waals surface area contributed by atoms with Gasteiger partial charge in [0.2, 0.25) is 5.91 Å². The molecule has 3 N–H and O–H groups in total. The van der Waals surface area contributed by atoms with E-state index in [1.165, 1.54) is 4.90 Å². The van der Waals surface area contributed by atoms with E-state index in [0.717, 1.165) is 0 Å². The van der Waals surface area contributed by atoms with Gasteiger partial charge in [0, 0.05) is 25.2 Å². The molecule has 1 saturated heterocycles. The van der Waals surface area contributed by atoms with Crippen LogP contribution in [0.1, 0.15) is 10.4 Å². The van der Waals surface area contributed by atoms with Crippen LogP contribution in [0.25, 0.3) is 0 Å². The Bertz CT molecular complexity index is 733. The number of nitrogens with two attached hydrogens (primary N) is 1. The lowest BCUT2D eigenvalue weighted by Gasteiger charge is -2.34. The predicted octanol–water partition coefficient (Wildman–Crippen LogP) is 1.38. The first-order chi connectivity index (χ1) is 11.6. The number of nitrogens with one attached hydrogen (secondary N) is 1. The Hall–Kier alpha value is -2.86. The third kappa shape index (κ3) is 3.55. The van der Waals surface area contributed by atoms with Crippen LogP contribution in [0.3, 0.4) is 0 Å². The molecular formula is C18H19N3O3. The minimum Gasteiger partial charge on any atom is -0.457 e. The minimum absolute atomic E-state index is 0.223. The van der Waals surface area contributed by atoms with Crippen molar-refractivity contribution in [2.24, 2.45) is 5.73 Å². The van der Waals surface area contributed by atoms with Gasteiger partial charge in [-0.1, -0.05) is 24.3 Å². The Morgan fingerprint density at radius 2 is 1.83 bits per heavy atom. The van der Waals surface area contributed by atoms with Crippen LogP contribution in [-0.2, 0) is 4.79 Å². The maximum atomic E-state index is 12.8. The number of para-hydroxylation sites is 1. The van der Waals surface area contributed by atoms with Crippen molar-refractivity contribution < 1.29 is 14.3 Å². The Balaban J connectivity index is 1.80. The van der Waals surface area contributed by atoms with Crippen molar-refractivity contribution in [2.75, 3.05) is 19.6 Å². The molecule has 2 aromatic carbocycles. The summed E-state index contributed by atoms with van der Waals surface area (Å²) in [7, 11) is 0. The fourth-order valence-corrected chi connectivity index (χ4v) is 2.68. The number of hydrogen-bond acceptors (Lipinski definition) is 4. The van der Waals surface area contributed by atoms with Gasteiger partial charge < -0.3 is 20.7 Å². The number of ether oxygens (including phenoxy) is 1. The second kappa shape index (κ2) is 7.14. The van der Waals surface area contributed by atoms with Crippen LogP contribution in [0.4, 0.5) is 0 Å². The third-order valence-electron chi connectivity index (χ3n) is 3.89. The molecule has 1 fully saturated rings. The number of hydrogen-bond donors (Lipinski definition) is 2. The third-order valence-corrected chi connectivity index (χ3v) is 3.89. The number of piperazine rings is 1. The van der Waals surface area contributed by atoms with E-state index in [0.29, 0.717) is 36.7 Å². The van der Waals surface area contributed by atoms with Crippen molar-refractivity contribution in [1.29, 1.82) is 0 Å². The lowest BCUT2D eigenvalue weighted by Crippen LogP contribution is -2.58. The first-order valence-corrected chi connectivity index (χ1v) is 7.79. The van der Waals surface area contributed by atoms with Gasteiger partial charge in [0.15, 0.2) is 0 Å². The molecule has 3 rings (SSSR count). The number of amides is 2. The summed E-state index contributed by atoms with van der Waals surface area (Å²) in [4.78, 5) is 25.8.